The molecule has 0 saturated carbocycles. The highest BCUT2D eigenvalue weighted by molar-refractivity contribution is 6.00. The summed E-state index contributed by atoms with van der Waals surface area (Å²) >= 11 is 0. The van der Waals surface area contributed by atoms with E-state index in [1.165, 1.54) is 0 Å². The molecule has 168 valence electrons. The molecule has 1 amide bonds. The van der Waals surface area contributed by atoms with E-state index in [1.54, 1.807) is 36.4 Å². The normalized spacial score (nSPS) is 12.0. The van der Waals surface area contributed by atoms with Crippen LogP contribution in [-0.2, 0) is 6.61 Å². The van der Waals surface area contributed by atoms with Crippen LogP contribution in [0.2, 0.25) is 0 Å². The van der Waals surface area contributed by atoms with E-state index in [2.05, 4.69) is 19.9 Å². The van der Waals surface area contributed by atoms with Gasteiger partial charge in [0.2, 0.25) is 5.91 Å². The minimum absolute atomic E-state index is 0.117. The molecule has 6 heteroatoms. The van der Waals surface area contributed by atoms with Gasteiger partial charge in [-0.3, -0.25) is 9.59 Å². The van der Waals surface area contributed by atoms with Gasteiger partial charge in [0.25, 0.3) is 0 Å². The standard InChI is InChI=1S/C20H19NO3.C7H7NO/c1-13(2)19-18(7-6-16-17(22)8-9-23-20(16)19)24-12-15-5-3-4-14(10-15)11-21;8-7(9)6-4-2-1-3-5-6/h3-7,10,13H,8-9,12H2,1-2H3;1-5H,(H2,8,9). The van der Waals surface area contributed by atoms with E-state index in [1.807, 2.05) is 30.3 Å². The highest BCUT2D eigenvalue weighted by Gasteiger charge is 2.25. The quantitative estimate of drug-likeness (QED) is 0.598. The lowest BCUT2D eigenvalue weighted by Gasteiger charge is -2.24. The molecule has 3 aromatic carbocycles. The lowest BCUT2D eigenvalue weighted by atomic mass is 9.94. The van der Waals surface area contributed by atoms with Gasteiger partial charge in [0, 0.05) is 17.5 Å². The van der Waals surface area contributed by atoms with Crippen LogP contribution in [0.25, 0.3) is 0 Å². The van der Waals surface area contributed by atoms with Crippen molar-refractivity contribution in [3.05, 3.63) is 94.5 Å². The van der Waals surface area contributed by atoms with Crippen LogP contribution in [0.3, 0.4) is 0 Å². The highest BCUT2D eigenvalue weighted by atomic mass is 16.5. The molecule has 0 spiro atoms. The first-order valence-electron chi connectivity index (χ1n) is 10.7. The van der Waals surface area contributed by atoms with Crippen molar-refractivity contribution in [1.82, 2.24) is 0 Å². The number of benzene rings is 3. The molecule has 0 atom stereocenters. The van der Waals surface area contributed by atoms with E-state index >= 15 is 0 Å². The van der Waals surface area contributed by atoms with Gasteiger partial charge in [-0.1, -0.05) is 44.2 Å². The Hall–Kier alpha value is -4.11. The van der Waals surface area contributed by atoms with Crippen LogP contribution >= 0.6 is 0 Å². The number of ketones is 1. The smallest absolute Gasteiger partial charge is 0.248 e. The van der Waals surface area contributed by atoms with Crippen LogP contribution in [0.15, 0.2) is 66.7 Å². The van der Waals surface area contributed by atoms with E-state index in [9.17, 15) is 9.59 Å². The third kappa shape index (κ3) is 5.98. The molecule has 0 radical (unpaired) electrons. The lowest BCUT2D eigenvalue weighted by Crippen LogP contribution is -2.17. The molecule has 2 N–H and O–H groups in total. The van der Waals surface area contributed by atoms with E-state index in [0.717, 1.165) is 16.9 Å². The Morgan fingerprint density at radius 1 is 1.12 bits per heavy atom. The zero-order chi connectivity index (χ0) is 23.8. The van der Waals surface area contributed by atoms with E-state index in [4.69, 9.17) is 20.5 Å². The third-order valence-electron chi connectivity index (χ3n) is 5.12. The molecule has 33 heavy (non-hydrogen) atoms. The van der Waals surface area contributed by atoms with E-state index < -0.39 is 0 Å². The van der Waals surface area contributed by atoms with Gasteiger partial charge in [-0.2, -0.15) is 5.26 Å². The second-order valence-corrected chi connectivity index (χ2v) is 7.86. The number of ether oxygens (including phenoxy) is 2. The number of nitriles is 1. The van der Waals surface area contributed by atoms with Gasteiger partial charge in [0.05, 0.1) is 23.8 Å². The molecule has 4 rings (SSSR count). The molecule has 1 aliphatic rings. The van der Waals surface area contributed by atoms with Crippen LogP contribution in [0.4, 0.5) is 0 Å². The predicted octanol–water partition coefficient (Wildman–Crippen LogP) is 5.01. The Balaban J connectivity index is 0.000000286. The fourth-order valence-electron chi connectivity index (χ4n) is 3.50. The molecule has 0 bridgehead atoms. The average Bonchev–Trinajstić information content (AvgIpc) is 2.83. The molecule has 1 aliphatic heterocycles. The Labute approximate surface area is 193 Å². The maximum Gasteiger partial charge on any atom is 0.248 e. The highest BCUT2D eigenvalue weighted by Crippen LogP contribution is 2.40. The van der Waals surface area contributed by atoms with Gasteiger partial charge in [-0.05, 0) is 47.9 Å². The summed E-state index contributed by atoms with van der Waals surface area (Å²) < 4.78 is 11.8. The summed E-state index contributed by atoms with van der Waals surface area (Å²) in [6, 6.07) is 21.9. The van der Waals surface area contributed by atoms with Crippen molar-refractivity contribution < 1.29 is 19.1 Å². The summed E-state index contributed by atoms with van der Waals surface area (Å²) in [5, 5.41) is 8.98. The zero-order valence-corrected chi connectivity index (χ0v) is 18.7. The van der Waals surface area contributed by atoms with Crippen molar-refractivity contribution in [1.29, 1.82) is 5.26 Å². The van der Waals surface area contributed by atoms with Crippen molar-refractivity contribution in [2.45, 2.75) is 32.8 Å². The van der Waals surface area contributed by atoms with Crippen LogP contribution in [0, 0.1) is 11.3 Å². The zero-order valence-electron chi connectivity index (χ0n) is 18.7. The predicted molar refractivity (Wildman–Crippen MR) is 125 cm³/mol. The summed E-state index contributed by atoms with van der Waals surface area (Å²) in [5.74, 6) is 1.29. The van der Waals surface area contributed by atoms with Gasteiger partial charge in [-0.25, -0.2) is 0 Å². The number of fused-ring (bicyclic) bond motifs is 1. The first-order chi connectivity index (χ1) is 15.9. The summed E-state index contributed by atoms with van der Waals surface area (Å²) in [6.07, 6.45) is 0.422. The van der Waals surface area contributed by atoms with Crippen molar-refractivity contribution in [2.24, 2.45) is 5.73 Å². The molecule has 0 saturated heterocycles. The Bertz CT molecular complexity index is 1180. The minimum Gasteiger partial charge on any atom is -0.492 e. The van der Waals surface area contributed by atoms with Gasteiger partial charge in [0.1, 0.15) is 18.1 Å². The Morgan fingerprint density at radius 2 is 1.88 bits per heavy atom. The molecular weight excluding hydrogens is 416 g/mol. The summed E-state index contributed by atoms with van der Waals surface area (Å²) in [6.45, 7) is 4.89. The number of Topliss-reactive ketones (excluding diaryl/α,β-unsaturated/α-hetero) is 1. The fraction of sp³-hybridized carbons (Fsp3) is 0.222. The molecule has 0 aliphatic carbocycles. The van der Waals surface area contributed by atoms with Gasteiger partial charge in [0.15, 0.2) is 5.78 Å². The fourth-order valence-corrected chi connectivity index (χ4v) is 3.50. The summed E-state index contributed by atoms with van der Waals surface area (Å²) in [5.41, 5.74) is 8.64. The van der Waals surface area contributed by atoms with E-state index in [-0.39, 0.29) is 17.6 Å². The maximum absolute atomic E-state index is 12.1. The number of nitrogens with zero attached hydrogens (tertiary/aromatic N) is 1. The minimum atomic E-state index is -0.379. The summed E-state index contributed by atoms with van der Waals surface area (Å²) in [7, 11) is 0. The number of amides is 1. The number of primary amides is 1. The molecule has 0 aromatic heterocycles. The maximum atomic E-state index is 12.1. The van der Waals surface area contributed by atoms with Crippen molar-refractivity contribution in [3.8, 4) is 17.6 Å². The molecule has 6 nitrogen and oxygen atoms in total. The Kier molecular flexibility index (Phi) is 7.82. The third-order valence-corrected chi connectivity index (χ3v) is 5.12. The van der Waals surface area contributed by atoms with Crippen LogP contribution in [-0.4, -0.2) is 18.3 Å². The van der Waals surface area contributed by atoms with Crippen molar-refractivity contribution in [2.75, 3.05) is 6.61 Å². The molecule has 0 unspecified atom stereocenters. The number of rotatable bonds is 5. The molecule has 1 heterocycles. The van der Waals surface area contributed by atoms with Crippen LogP contribution in [0.1, 0.15) is 63.6 Å². The topological polar surface area (TPSA) is 102 Å². The van der Waals surface area contributed by atoms with Gasteiger partial charge in [-0.15, -0.1) is 0 Å². The number of carbonyl (C=O) groups excluding carboxylic acids is 2. The lowest BCUT2D eigenvalue weighted by molar-refractivity contribution is 0.0931. The molecule has 3 aromatic rings. The summed E-state index contributed by atoms with van der Waals surface area (Å²) in [4.78, 5) is 22.5. The largest absolute Gasteiger partial charge is 0.492 e. The Morgan fingerprint density at radius 3 is 2.52 bits per heavy atom. The average molecular weight is 443 g/mol. The second kappa shape index (κ2) is 11.0. The first kappa shape index (κ1) is 23.6. The van der Waals surface area contributed by atoms with E-state index in [0.29, 0.717) is 42.1 Å². The number of hydrogen-bond acceptors (Lipinski definition) is 5. The second-order valence-electron chi connectivity index (χ2n) is 7.86. The van der Waals surface area contributed by atoms with Crippen LogP contribution in [0.5, 0.6) is 11.5 Å². The molecular formula is C27H26N2O4. The number of carbonyl (C=O) groups is 2. The first-order valence-corrected chi connectivity index (χ1v) is 10.7. The number of hydrogen-bond donors (Lipinski definition) is 1. The monoisotopic (exact) mass is 442 g/mol. The van der Waals surface area contributed by atoms with Crippen molar-refractivity contribution >= 4 is 11.7 Å². The number of nitrogens with two attached hydrogens (primary N) is 1. The van der Waals surface area contributed by atoms with Gasteiger partial charge >= 0.3 is 0 Å². The molecule has 0 fully saturated rings. The van der Waals surface area contributed by atoms with Crippen LogP contribution < -0.4 is 15.2 Å². The SMILES string of the molecule is CC(C)c1c(OCc2cccc(C#N)c2)ccc2c1OCCC2=O.NC(=O)c1ccccc1. The van der Waals surface area contributed by atoms with Crippen molar-refractivity contribution in [3.63, 3.8) is 0 Å². The van der Waals surface area contributed by atoms with Gasteiger partial charge < -0.3 is 15.2 Å².